The van der Waals surface area contributed by atoms with Gasteiger partial charge in [0.2, 0.25) is 0 Å². The van der Waals surface area contributed by atoms with E-state index in [1.165, 1.54) is 28.3 Å². The third kappa shape index (κ3) is 3.22. The lowest BCUT2D eigenvalue weighted by molar-refractivity contribution is -0.129. The fourth-order valence-electron chi connectivity index (χ4n) is 2.74. The van der Waals surface area contributed by atoms with Crippen molar-refractivity contribution < 1.29 is 4.79 Å². The molecule has 0 saturated carbocycles. The van der Waals surface area contributed by atoms with Crippen molar-refractivity contribution in [1.29, 1.82) is 0 Å². The second-order valence-electron chi connectivity index (χ2n) is 6.08. The smallest absolute Gasteiger partial charge is 0.282 e. The first-order valence-corrected chi connectivity index (χ1v) is 10.3. The Hall–Kier alpha value is -2.71. The molecule has 8 heteroatoms. The van der Waals surface area contributed by atoms with Crippen LogP contribution in [-0.2, 0) is 10.3 Å². The molecule has 0 radical (unpaired) electrons. The maximum atomic E-state index is 13.2. The number of rotatable bonds is 4. The summed E-state index contributed by atoms with van der Waals surface area (Å²) in [5.41, 5.74) is 3.79. The fraction of sp³-hybridized carbons (Fsp3) is 0.158. The molecule has 27 heavy (non-hydrogen) atoms. The van der Waals surface area contributed by atoms with Gasteiger partial charge in [0.1, 0.15) is 0 Å². The van der Waals surface area contributed by atoms with E-state index in [1.54, 1.807) is 6.92 Å². The van der Waals surface area contributed by atoms with E-state index >= 15 is 0 Å². The van der Waals surface area contributed by atoms with Gasteiger partial charge in [0, 0.05) is 5.56 Å². The number of nitrogens with zero attached hydrogens (tertiary/aromatic N) is 4. The quantitative estimate of drug-likeness (QED) is 0.723. The molecule has 1 aliphatic heterocycles. The number of nitrogens with one attached hydrogen (secondary N) is 1. The molecular formula is C19H17N5OS2. The van der Waals surface area contributed by atoms with E-state index in [4.69, 9.17) is 0 Å². The summed E-state index contributed by atoms with van der Waals surface area (Å²) < 4.78 is 4.43. The zero-order chi connectivity index (χ0) is 18.9. The Labute approximate surface area is 165 Å². The molecular weight excluding hydrogens is 378 g/mol. The van der Waals surface area contributed by atoms with Crippen molar-refractivity contribution in [1.82, 2.24) is 14.4 Å². The summed E-state index contributed by atoms with van der Waals surface area (Å²) in [5, 5.41) is 2.67. The third-order valence-electron chi connectivity index (χ3n) is 4.20. The van der Waals surface area contributed by atoms with Crippen LogP contribution < -0.4 is 5.43 Å². The predicted octanol–water partition coefficient (Wildman–Crippen LogP) is 4.01. The second-order valence-corrected chi connectivity index (χ2v) is 7.60. The molecule has 1 amide bonds. The van der Waals surface area contributed by atoms with Crippen molar-refractivity contribution in [2.24, 2.45) is 4.99 Å². The van der Waals surface area contributed by atoms with Gasteiger partial charge in [0.15, 0.2) is 21.5 Å². The lowest BCUT2D eigenvalue weighted by atomic mass is 10.0. The van der Waals surface area contributed by atoms with Gasteiger partial charge in [0.05, 0.1) is 5.69 Å². The van der Waals surface area contributed by atoms with Crippen LogP contribution in [0.2, 0.25) is 0 Å². The van der Waals surface area contributed by atoms with Crippen LogP contribution >= 0.6 is 23.3 Å². The SMILES string of the molecule is CSC1=NC(C)(c2nc(-c3ccccc3)ns2)C(=O)N1Nc1ccccc1. The fourth-order valence-corrected chi connectivity index (χ4v) is 4.08. The highest BCUT2D eigenvalue weighted by molar-refractivity contribution is 8.13. The van der Waals surface area contributed by atoms with Gasteiger partial charge < -0.3 is 0 Å². The van der Waals surface area contributed by atoms with E-state index in [2.05, 4.69) is 19.8 Å². The van der Waals surface area contributed by atoms with Crippen molar-refractivity contribution >= 4 is 40.1 Å². The van der Waals surface area contributed by atoms with Gasteiger partial charge >= 0.3 is 0 Å². The minimum atomic E-state index is -1.09. The molecule has 1 N–H and O–H groups in total. The van der Waals surface area contributed by atoms with E-state index in [0.29, 0.717) is 16.0 Å². The molecule has 1 aromatic heterocycles. The number of thioether (sulfide) groups is 1. The van der Waals surface area contributed by atoms with Gasteiger partial charge in [-0.2, -0.15) is 9.38 Å². The van der Waals surface area contributed by atoms with Gasteiger partial charge in [0.25, 0.3) is 5.91 Å². The van der Waals surface area contributed by atoms with Crippen LogP contribution in [0.4, 0.5) is 5.69 Å². The zero-order valence-electron chi connectivity index (χ0n) is 14.8. The van der Waals surface area contributed by atoms with E-state index in [0.717, 1.165) is 11.3 Å². The number of para-hydroxylation sites is 1. The number of hydrogen-bond acceptors (Lipinski definition) is 7. The van der Waals surface area contributed by atoms with Gasteiger partial charge in [-0.15, -0.1) is 0 Å². The summed E-state index contributed by atoms with van der Waals surface area (Å²) in [5.74, 6) is 0.437. The summed E-state index contributed by atoms with van der Waals surface area (Å²) in [6.07, 6.45) is 1.90. The normalized spacial score (nSPS) is 19.3. The molecule has 0 bridgehead atoms. The standard InChI is InChI=1S/C19H17N5OS2/c1-19(16-20-15(23-27-16)13-9-5-3-6-10-13)17(25)24(18(21-19)26-2)22-14-11-7-4-8-12-14/h3-12,22H,1-2H3. The highest BCUT2D eigenvalue weighted by Gasteiger charge is 2.49. The number of hydrogen-bond donors (Lipinski definition) is 1. The molecule has 4 rings (SSSR count). The van der Waals surface area contributed by atoms with E-state index in [-0.39, 0.29) is 5.91 Å². The average molecular weight is 396 g/mol. The first-order valence-electron chi connectivity index (χ1n) is 8.31. The number of amides is 1. The van der Waals surface area contributed by atoms with Crippen LogP contribution in [0.25, 0.3) is 11.4 Å². The molecule has 0 spiro atoms. The molecule has 3 aromatic rings. The van der Waals surface area contributed by atoms with E-state index in [1.807, 2.05) is 66.9 Å². The lowest BCUT2D eigenvalue weighted by Gasteiger charge is -2.22. The highest BCUT2D eigenvalue weighted by Crippen LogP contribution is 2.37. The van der Waals surface area contributed by atoms with Crippen molar-refractivity contribution in [2.75, 3.05) is 11.7 Å². The minimum Gasteiger partial charge on any atom is -0.289 e. The molecule has 6 nitrogen and oxygen atoms in total. The largest absolute Gasteiger partial charge is 0.289 e. The number of aliphatic imine (C=N–C) groups is 1. The predicted molar refractivity (Wildman–Crippen MR) is 111 cm³/mol. The van der Waals surface area contributed by atoms with Crippen LogP contribution in [0.1, 0.15) is 11.9 Å². The monoisotopic (exact) mass is 395 g/mol. The number of carbonyl (C=O) groups is 1. The van der Waals surface area contributed by atoms with Crippen molar-refractivity contribution in [3.63, 3.8) is 0 Å². The van der Waals surface area contributed by atoms with Crippen LogP contribution in [-0.4, -0.2) is 31.7 Å². The molecule has 1 atom stereocenters. The topological polar surface area (TPSA) is 70.5 Å². The lowest BCUT2D eigenvalue weighted by Crippen LogP contribution is -2.42. The molecule has 1 unspecified atom stereocenters. The summed E-state index contributed by atoms with van der Waals surface area (Å²) in [4.78, 5) is 22.5. The van der Waals surface area contributed by atoms with Gasteiger partial charge in [-0.25, -0.2) is 9.98 Å². The maximum absolute atomic E-state index is 13.2. The number of carbonyl (C=O) groups excluding carboxylic acids is 1. The van der Waals surface area contributed by atoms with Crippen LogP contribution in [0.15, 0.2) is 65.7 Å². The molecule has 0 aliphatic carbocycles. The Bertz CT molecular complexity index is 990. The number of aromatic nitrogens is 2. The molecule has 1 aliphatic rings. The molecule has 2 aromatic carbocycles. The first-order chi connectivity index (χ1) is 13.1. The van der Waals surface area contributed by atoms with Crippen molar-refractivity contribution in [3.05, 3.63) is 65.7 Å². The first kappa shape index (κ1) is 17.7. The maximum Gasteiger partial charge on any atom is 0.282 e. The highest BCUT2D eigenvalue weighted by atomic mass is 32.2. The number of hydrazine groups is 1. The van der Waals surface area contributed by atoms with Crippen LogP contribution in [0.3, 0.4) is 0 Å². The second kappa shape index (κ2) is 7.13. The number of anilines is 1. The van der Waals surface area contributed by atoms with Gasteiger partial charge in [-0.1, -0.05) is 60.3 Å². The minimum absolute atomic E-state index is 0.175. The van der Waals surface area contributed by atoms with Crippen LogP contribution in [0.5, 0.6) is 0 Å². The molecule has 2 heterocycles. The zero-order valence-corrected chi connectivity index (χ0v) is 16.4. The molecule has 136 valence electrons. The Morgan fingerprint density at radius 3 is 2.41 bits per heavy atom. The molecule has 0 fully saturated rings. The van der Waals surface area contributed by atoms with Crippen molar-refractivity contribution in [2.45, 2.75) is 12.5 Å². The van der Waals surface area contributed by atoms with E-state index < -0.39 is 5.54 Å². The summed E-state index contributed by atoms with van der Waals surface area (Å²) >= 11 is 2.63. The van der Waals surface area contributed by atoms with Crippen molar-refractivity contribution in [3.8, 4) is 11.4 Å². The van der Waals surface area contributed by atoms with Gasteiger partial charge in [-0.3, -0.25) is 10.2 Å². The summed E-state index contributed by atoms with van der Waals surface area (Å²) in [6, 6.07) is 19.3. The third-order valence-corrected chi connectivity index (χ3v) is 5.77. The summed E-state index contributed by atoms with van der Waals surface area (Å²) in [6.45, 7) is 1.79. The number of benzene rings is 2. The van der Waals surface area contributed by atoms with E-state index in [9.17, 15) is 4.79 Å². The Morgan fingerprint density at radius 2 is 1.74 bits per heavy atom. The van der Waals surface area contributed by atoms with Gasteiger partial charge in [-0.05, 0) is 36.8 Å². The summed E-state index contributed by atoms with van der Waals surface area (Å²) in [7, 11) is 0. The van der Waals surface area contributed by atoms with Crippen LogP contribution in [0, 0.1) is 0 Å². The Morgan fingerprint density at radius 1 is 1.07 bits per heavy atom. The number of amidine groups is 1. The molecule has 0 saturated heterocycles. The Kier molecular flexibility index (Phi) is 4.67. The Balaban J connectivity index is 1.66. The average Bonchev–Trinajstić information content (AvgIpc) is 3.30.